The van der Waals surface area contributed by atoms with Crippen molar-refractivity contribution in [2.75, 3.05) is 0 Å². The Morgan fingerprint density at radius 1 is 1.00 bits per heavy atom. The molecular formula is C13H10Cl3NO. The van der Waals surface area contributed by atoms with E-state index in [2.05, 4.69) is 0 Å². The first kappa shape index (κ1) is 13.5. The maximum absolute atomic E-state index is 6.09. The Morgan fingerprint density at radius 2 is 1.67 bits per heavy atom. The van der Waals surface area contributed by atoms with Crippen molar-refractivity contribution in [3.63, 3.8) is 0 Å². The van der Waals surface area contributed by atoms with Gasteiger partial charge in [0.15, 0.2) is 0 Å². The highest BCUT2D eigenvalue weighted by Crippen LogP contribution is 2.34. The van der Waals surface area contributed by atoms with Crippen molar-refractivity contribution in [2.45, 2.75) is 6.54 Å². The van der Waals surface area contributed by atoms with Crippen molar-refractivity contribution < 1.29 is 4.74 Å². The van der Waals surface area contributed by atoms with E-state index in [1.165, 1.54) is 0 Å². The summed E-state index contributed by atoms with van der Waals surface area (Å²) in [7, 11) is 0. The third-order valence-electron chi connectivity index (χ3n) is 2.32. The Hall–Kier alpha value is -0.930. The largest absolute Gasteiger partial charge is 0.455 e. The lowest BCUT2D eigenvalue weighted by atomic mass is 10.2. The quantitative estimate of drug-likeness (QED) is 0.875. The molecule has 0 amide bonds. The van der Waals surface area contributed by atoms with E-state index < -0.39 is 0 Å². The maximum Gasteiger partial charge on any atom is 0.150 e. The van der Waals surface area contributed by atoms with Crippen LogP contribution < -0.4 is 10.5 Å². The minimum Gasteiger partial charge on any atom is -0.455 e. The van der Waals surface area contributed by atoms with Crippen molar-refractivity contribution >= 4 is 34.8 Å². The molecule has 0 atom stereocenters. The molecule has 0 bridgehead atoms. The van der Waals surface area contributed by atoms with Crippen LogP contribution in [0.3, 0.4) is 0 Å². The van der Waals surface area contributed by atoms with Crippen LogP contribution in [0.1, 0.15) is 5.56 Å². The number of ether oxygens (including phenoxy) is 1. The van der Waals surface area contributed by atoms with Crippen LogP contribution in [0.4, 0.5) is 0 Å². The summed E-state index contributed by atoms with van der Waals surface area (Å²) in [6.07, 6.45) is 0. The van der Waals surface area contributed by atoms with E-state index >= 15 is 0 Å². The summed E-state index contributed by atoms with van der Waals surface area (Å²) < 4.78 is 5.71. The second-order valence-corrected chi connectivity index (χ2v) is 4.92. The van der Waals surface area contributed by atoms with E-state index in [1.54, 1.807) is 24.3 Å². The Bertz CT molecular complexity index is 552. The Kier molecular flexibility index (Phi) is 4.36. The van der Waals surface area contributed by atoms with E-state index in [0.29, 0.717) is 33.1 Å². The average molecular weight is 303 g/mol. The van der Waals surface area contributed by atoms with Crippen molar-refractivity contribution in [3.05, 3.63) is 57.0 Å². The molecule has 0 saturated carbocycles. The summed E-state index contributed by atoms with van der Waals surface area (Å²) in [6, 6.07) is 10.4. The fourth-order valence-corrected chi connectivity index (χ4v) is 2.27. The minimum atomic E-state index is 0.337. The number of hydrogen-bond donors (Lipinski definition) is 1. The topological polar surface area (TPSA) is 35.2 Å². The Balaban J connectivity index is 2.39. The van der Waals surface area contributed by atoms with Gasteiger partial charge in [-0.3, -0.25) is 0 Å². The van der Waals surface area contributed by atoms with Crippen molar-refractivity contribution in [1.29, 1.82) is 0 Å². The summed E-state index contributed by atoms with van der Waals surface area (Å²) in [5.41, 5.74) is 6.46. The van der Waals surface area contributed by atoms with Gasteiger partial charge in [0.05, 0.1) is 5.02 Å². The zero-order valence-electron chi connectivity index (χ0n) is 9.29. The van der Waals surface area contributed by atoms with Gasteiger partial charge in [0.1, 0.15) is 11.5 Å². The van der Waals surface area contributed by atoms with Gasteiger partial charge in [0.2, 0.25) is 0 Å². The van der Waals surface area contributed by atoms with Gasteiger partial charge in [0, 0.05) is 22.2 Å². The van der Waals surface area contributed by atoms with E-state index in [1.807, 2.05) is 12.1 Å². The fraction of sp³-hybridized carbons (Fsp3) is 0.0769. The minimum absolute atomic E-state index is 0.337. The van der Waals surface area contributed by atoms with Crippen LogP contribution in [0.2, 0.25) is 15.1 Å². The summed E-state index contributed by atoms with van der Waals surface area (Å²) in [5.74, 6) is 1.05. The molecular weight excluding hydrogens is 293 g/mol. The predicted molar refractivity (Wildman–Crippen MR) is 75.9 cm³/mol. The van der Waals surface area contributed by atoms with E-state index in [0.717, 1.165) is 5.56 Å². The van der Waals surface area contributed by atoms with Gasteiger partial charge in [-0.1, -0.05) is 46.9 Å². The van der Waals surface area contributed by atoms with Gasteiger partial charge in [-0.05, 0) is 24.3 Å². The number of para-hydroxylation sites is 1. The van der Waals surface area contributed by atoms with Gasteiger partial charge in [-0.2, -0.15) is 0 Å². The molecule has 0 aliphatic heterocycles. The molecule has 18 heavy (non-hydrogen) atoms. The first-order chi connectivity index (χ1) is 8.60. The SMILES string of the molecule is NCc1cccc(Cl)c1Oc1cc(Cl)cc(Cl)c1. The van der Waals surface area contributed by atoms with E-state index in [-0.39, 0.29) is 0 Å². The Labute approximate surface area is 120 Å². The van der Waals surface area contributed by atoms with E-state index in [9.17, 15) is 0 Å². The lowest BCUT2D eigenvalue weighted by Gasteiger charge is -2.12. The molecule has 0 aromatic heterocycles. The van der Waals surface area contributed by atoms with Gasteiger partial charge >= 0.3 is 0 Å². The molecule has 0 aliphatic carbocycles. The molecule has 0 unspecified atom stereocenters. The third kappa shape index (κ3) is 3.09. The van der Waals surface area contributed by atoms with Gasteiger partial charge in [-0.15, -0.1) is 0 Å². The molecule has 0 saturated heterocycles. The highest BCUT2D eigenvalue weighted by molar-refractivity contribution is 6.34. The molecule has 0 heterocycles. The standard InChI is InChI=1S/C13H10Cl3NO/c14-9-4-10(15)6-11(5-9)18-13-8(7-17)2-1-3-12(13)16/h1-6H,7,17H2. The van der Waals surface area contributed by atoms with Crippen LogP contribution >= 0.6 is 34.8 Å². The molecule has 5 heteroatoms. The zero-order chi connectivity index (χ0) is 13.1. The van der Waals surface area contributed by atoms with Crippen LogP contribution in [0.5, 0.6) is 11.5 Å². The Morgan fingerprint density at radius 3 is 2.28 bits per heavy atom. The molecule has 94 valence electrons. The number of rotatable bonds is 3. The van der Waals surface area contributed by atoms with E-state index in [4.69, 9.17) is 45.3 Å². The molecule has 2 aromatic rings. The van der Waals surface area contributed by atoms with Crippen LogP contribution in [-0.4, -0.2) is 0 Å². The maximum atomic E-state index is 6.09. The monoisotopic (exact) mass is 301 g/mol. The second-order valence-electron chi connectivity index (χ2n) is 3.64. The zero-order valence-corrected chi connectivity index (χ0v) is 11.6. The molecule has 2 aromatic carbocycles. The van der Waals surface area contributed by atoms with Gasteiger partial charge in [-0.25, -0.2) is 0 Å². The molecule has 0 radical (unpaired) electrons. The van der Waals surface area contributed by atoms with Gasteiger partial charge < -0.3 is 10.5 Å². The second kappa shape index (κ2) is 5.81. The fourth-order valence-electron chi connectivity index (χ4n) is 1.53. The summed E-state index contributed by atoms with van der Waals surface area (Å²) in [4.78, 5) is 0. The smallest absolute Gasteiger partial charge is 0.150 e. The lowest BCUT2D eigenvalue weighted by molar-refractivity contribution is 0.477. The lowest BCUT2D eigenvalue weighted by Crippen LogP contribution is -1.99. The highest BCUT2D eigenvalue weighted by Gasteiger charge is 2.09. The van der Waals surface area contributed by atoms with Crippen LogP contribution in [0.15, 0.2) is 36.4 Å². The predicted octanol–water partition coefficient (Wildman–Crippen LogP) is 4.90. The van der Waals surface area contributed by atoms with Crippen molar-refractivity contribution in [3.8, 4) is 11.5 Å². The first-order valence-electron chi connectivity index (χ1n) is 5.21. The normalized spacial score (nSPS) is 10.4. The number of benzene rings is 2. The number of halogens is 3. The summed E-state index contributed by atoms with van der Waals surface area (Å²) in [5, 5.41) is 1.49. The molecule has 2 N–H and O–H groups in total. The molecule has 2 nitrogen and oxygen atoms in total. The molecule has 0 aliphatic rings. The summed E-state index contributed by atoms with van der Waals surface area (Å²) in [6.45, 7) is 0.337. The first-order valence-corrected chi connectivity index (χ1v) is 6.35. The molecule has 0 fully saturated rings. The molecule has 0 spiro atoms. The third-order valence-corrected chi connectivity index (χ3v) is 3.06. The van der Waals surface area contributed by atoms with Crippen LogP contribution in [0, 0.1) is 0 Å². The summed E-state index contributed by atoms with van der Waals surface area (Å²) >= 11 is 17.9. The average Bonchev–Trinajstić information content (AvgIpc) is 2.30. The van der Waals surface area contributed by atoms with Crippen molar-refractivity contribution in [1.82, 2.24) is 0 Å². The molecule has 2 rings (SSSR count). The number of hydrogen-bond acceptors (Lipinski definition) is 2. The number of nitrogens with two attached hydrogens (primary N) is 1. The van der Waals surface area contributed by atoms with Crippen LogP contribution in [0.25, 0.3) is 0 Å². The van der Waals surface area contributed by atoms with Gasteiger partial charge in [0.25, 0.3) is 0 Å². The van der Waals surface area contributed by atoms with Crippen LogP contribution in [-0.2, 0) is 6.54 Å². The van der Waals surface area contributed by atoms with Crippen molar-refractivity contribution in [2.24, 2.45) is 5.73 Å². The highest BCUT2D eigenvalue weighted by atomic mass is 35.5.